The minimum absolute atomic E-state index is 0.122. The monoisotopic (exact) mass is 336 g/mol. The van der Waals surface area contributed by atoms with Crippen molar-refractivity contribution in [1.29, 1.82) is 0 Å². The molecule has 3 heterocycles. The van der Waals surface area contributed by atoms with Crippen LogP contribution in [0.2, 0.25) is 0 Å². The number of hydrogen-bond donors (Lipinski definition) is 2. The van der Waals surface area contributed by atoms with E-state index in [0.29, 0.717) is 18.8 Å². The molecule has 25 heavy (non-hydrogen) atoms. The zero-order chi connectivity index (χ0) is 17.1. The zero-order valence-corrected chi connectivity index (χ0v) is 13.9. The van der Waals surface area contributed by atoms with Gasteiger partial charge in [-0.05, 0) is 18.9 Å². The quantitative estimate of drug-likeness (QED) is 0.764. The van der Waals surface area contributed by atoms with E-state index in [2.05, 4.69) is 25.4 Å². The van der Waals surface area contributed by atoms with Gasteiger partial charge in [-0.15, -0.1) is 0 Å². The molecule has 0 spiro atoms. The summed E-state index contributed by atoms with van der Waals surface area (Å²) in [7, 11) is 0. The van der Waals surface area contributed by atoms with Crippen LogP contribution in [0.1, 0.15) is 30.3 Å². The second-order valence-corrected chi connectivity index (χ2v) is 6.35. The topological polar surface area (TPSA) is 90.6 Å². The van der Waals surface area contributed by atoms with Gasteiger partial charge in [0, 0.05) is 36.5 Å². The summed E-state index contributed by atoms with van der Waals surface area (Å²) in [5.41, 5.74) is 1.84. The highest BCUT2D eigenvalue weighted by Gasteiger charge is 2.27. The van der Waals surface area contributed by atoms with Crippen LogP contribution in [0, 0.1) is 0 Å². The molecule has 0 aliphatic carbocycles. The first-order valence-corrected chi connectivity index (χ1v) is 8.53. The number of aromatic amines is 2. The first kappa shape index (κ1) is 15.6. The van der Waals surface area contributed by atoms with Gasteiger partial charge < -0.3 is 4.90 Å². The van der Waals surface area contributed by atoms with E-state index in [1.165, 1.54) is 0 Å². The molecule has 1 aliphatic heterocycles. The van der Waals surface area contributed by atoms with Gasteiger partial charge in [-0.25, -0.2) is 4.98 Å². The maximum Gasteiger partial charge on any atom is 0.228 e. The van der Waals surface area contributed by atoms with Crippen molar-refractivity contribution in [3.05, 3.63) is 54.1 Å². The predicted octanol–water partition coefficient (Wildman–Crippen LogP) is 2.14. The highest BCUT2D eigenvalue weighted by Crippen LogP contribution is 2.26. The van der Waals surface area contributed by atoms with Crippen LogP contribution < -0.4 is 0 Å². The second kappa shape index (κ2) is 6.88. The molecule has 0 unspecified atom stereocenters. The Morgan fingerprint density at radius 3 is 2.88 bits per heavy atom. The average molecular weight is 336 g/mol. The van der Waals surface area contributed by atoms with E-state index in [1.807, 2.05) is 41.3 Å². The molecule has 0 saturated carbocycles. The fourth-order valence-corrected chi connectivity index (χ4v) is 3.26. The SMILES string of the molecule is O=C(Cc1ccn[nH]1)N1CCC[C@@H](c2nc(-c3ccccc3)n[nH]2)C1. The molecule has 128 valence electrons. The van der Waals surface area contributed by atoms with Crippen molar-refractivity contribution < 1.29 is 4.79 Å². The Balaban J connectivity index is 1.44. The Hall–Kier alpha value is -2.96. The number of nitrogens with one attached hydrogen (secondary N) is 2. The number of aromatic nitrogens is 5. The van der Waals surface area contributed by atoms with Gasteiger partial charge in [0.05, 0.1) is 6.42 Å². The van der Waals surface area contributed by atoms with Crippen LogP contribution in [0.15, 0.2) is 42.6 Å². The Morgan fingerprint density at radius 1 is 1.20 bits per heavy atom. The van der Waals surface area contributed by atoms with Crippen molar-refractivity contribution in [3.8, 4) is 11.4 Å². The van der Waals surface area contributed by atoms with Crippen molar-refractivity contribution in [2.24, 2.45) is 0 Å². The number of benzene rings is 1. The lowest BCUT2D eigenvalue weighted by Crippen LogP contribution is -2.40. The number of hydrogen-bond acceptors (Lipinski definition) is 4. The van der Waals surface area contributed by atoms with Gasteiger partial charge in [-0.3, -0.25) is 15.0 Å². The van der Waals surface area contributed by atoms with E-state index < -0.39 is 0 Å². The van der Waals surface area contributed by atoms with E-state index >= 15 is 0 Å². The molecule has 2 N–H and O–H groups in total. The molecule has 1 saturated heterocycles. The summed E-state index contributed by atoms with van der Waals surface area (Å²) < 4.78 is 0. The largest absolute Gasteiger partial charge is 0.342 e. The summed E-state index contributed by atoms with van der Waals surface area (Å²) in [6, 6.07) is 11.7. The molecule has 2 aromatic heterocycles. The summed E-state index contributed by atoms with van der Waals surface area (Å²) >= 11 is 0. The first-order chi connectivity index (χ1) is 12.3. The van der Waals surface area contributed by atoms with E-state index in [9.17, 15) is 4.79 Å². The Bertz CT molecular complexity index is 826. The Morgan fingerprint density at radius 2 is 2.08 bits per heavy atom. The van der Waals surface area contributed by atoms with Gasteiger partial charge in [0.15, 0.2) is 5.82 Å². The molecular formula is C18H20N6O. The first-order valence-electron chi connectivity index (χ1n) is 8.53. The van der Waals surface area contributed by atoms with Crippen molar-refractivity contribution in [1.82, 2.24) is 30.3 Å². The van der Waals surface area contributed by atoms with Crippen LogP contribution >= 0.6 is 0 Å². The Kier molecular flexibility index (Phi) is 4.28. The van der Waals surface area contributed by atoms with Crippen LogP contribution in [0.4, 0.5) is 0 Å². The third-order valence-corrected chi connectivity index (χ3v) is 4.60. The number of H-pyrrole nitrogens is 2. The molecule has 1 atom stereocenters. The fraction of sp³-hybridized carbons (Fsp3) is 0.333. The standard InChI is InChI=1S/C18H20N6O/c25-16(11-15-8-9-19-21-15)24-10-4-7-14(12-24)18-20-17(22-23-18)13-5-2-1-3-6-13/h1-3,5-6,8-9,14H,4,7,10-12H2,(H,19,21)(H,20,22,23)/t14-/m1/s1. The summed E-state index contributed by atoms with van der Waals surface area (Å²) in [5.74, 6) is 1.88. The lowest BCUT2D eigenvalue weighted by molar-refractivity contribution is -0.131. The van der Waals surface area contributed by atoms with Crippen molar-refractivity contribution in [2.45, 2.75) is 25.2 Å². The van der Waals surface area contributed by atoms with E-state index in [-0.39, 0.29) is 11.8 Å². The second-order valence-electron chi connectivity index (χ2n) is 6.35. The number of amides is 1. The van der Waals surface area contributed by atoms with Gasteiger partial charge in [-0.1, -0.05) is 30.3 Å². The highest BCUT2D eigenvalue weighted by molar-refractivity contribution is 5.78. The van der Waals surface area contributed by atoms with E-state index in [1.54, 1.807) is 6.20 Å². The normalized spacial score (nSPS) is 17.6. The maximum absolute atomic E-state index is 12.5. The maximum atomic E-state index is 12.5. The van der Waals surface area contributed by atoms with Crippen LogP contribution in [0.5, 0.6) is 0 Å². The molecule has 1 amide bonds. The summed E-state index contributed by atoms with van der Waals surface area (Å²) in [5, 5.41) is 14.1. The van der Waals surface area contributed by atoms with Crippen LogP contribution in [-0.4, -0.2) is 49.3 Å². The summed E-state index contributed by atoms with van der Waals surface area (Å²) in [4.78, 5) is 19.1. The van der Waals surface area contributed by atoms with E-state index in [0.717, 1.165) is 36.5 Å². The van der Waals surface area contributed by atoms with Crippen LogP contribution in [0.25, 0.3) is 11.4 Å². The third-order valence-electron chi connectivity index (χ3n) is 4.60. The number of carbonyl (C=O) groups is 1. The number of carbonyl (C=O) groups excluding carboxylic acids is 1. The zero-order valence-electron chi connectivity index (χ0n) is 13.9. The van der Waals surface area contributed by atoms with Crippen molar-refractivity contribution in [2.75, 3.05) is 13.1 Å². The van der Waals surface area contributed by atoms with Gasteiger partial charge in [-0.2, -0.15) is 10.2 Å². The lowest BCUT2D eigenvalue weighted by atomic mass is 9.97. The number of nitrogens with zero attached hydrogens (tertiary/aromatic N) is 4. The van der Waals surface area contributed by atoms with Crippen LogP contribution in [-0.2, 0) is 11.2 Å². The number of piperidine rings is 1. The molecule has 0 bridgehead atoms. The van der Waals surface area contributed by atoms with Gasteiger partial charge in [0.25, 0.3) is 0 Å². The molecule has 4 rings (SSSR count). The molecule has 1 fully saturated rings. The lowest BCUT2D eigenvalue weighted by Gasteiger charge is -2.31. The number of likely N-dealkylation sites (tertiary alicyclic amines) is 1. The van der Waals surface area contributed by atoms with Gasteiger partial charge >= 0.3 is 0 Å². The van der Waals surface area contributed by atoms with Crippen molar-refractivity contribution >= 4 is 5.91 Å². The highest BCUT2D eigenvalue weighted by atomic mass is 16.2. The van der Waals surface area contributed by atoms with Gasteiger partial charge in [0.2, 0.25) is 5.91 Å². The summed E-state index contributed by atoms with van der Waals surface area (Å²) in [6.45, 7) is 1.47. The minimum atomic E-state index is 0.122. The summed E-state index contributed by atoms with van der Waals surface area (Å²) in [6.07, 6.45) is 4.01. The molecule has 7 heteroatoms. The van der Waals surface area contributed by atoms with Gasteiger partial charge in [0.1, 0.15) is 5.82 Å². The predicted molar refractivity (Wildman–Crippen MR) is 92.7 cm³/mol. The minimum Gasteiger partial charge on any atom is -0.342 e. The molecule has 7 nitrogen and oxygen atoms in total. The average Bonchev–Trinajstić information content (AvgIpc) is 3.34. The smallest absolute Gasteiger partial charge is 0.228 e. The molecule has 3 aromatic rings. The molecular weight excluding hydrogens is 316 g/mol. The molecule has 1 aliphatic rings. The van der Waals surface area contributed by atoms with Crippen LogP contribution in [0.3, 0.4) is 0 Å². The fourth-order valence-electron chi connectivity index (χ4n) is 3.26. The van der Waals surface area contributed by atoms with E-state index in [4.69, 9.17) is 0 Å². The Labute approximate surface area is 145 Å². The van der Waals surface area contributed by atoms with Crippen molar-refractivity contribution in [3.63, 3.8) is 0 Å². The molecule has 0 radical (unpaired) electrons. The number of rotatable bonds is 4. The molecule has 1 aromatic carbocycles. The third kappa shape index (κ3) is 3.45.